The van der Waals surface area contributed by atoms with Crippen molar-refractivity contribution in [3.05, 3.63) is 17.8 Å². The summed E-state index contributed by atoms with van der Waals surface area (Å²) in [6.07, 6.45) is 1.62. The van der Waals surface area contributed by atoms with Gasteiger partial charge in [-0.25, -0.2) is 10.8 Å². The summed E-state index contributed by atoms with van der Waals surface area (Å²) in [6, 6.07) is 1.79. The van der Waals surface area contributed by atoms with Gasteiger partial charge in [0.25, 0.3) is 0 Å². The van der Waals surface area contributed by atoms with E-state index >= 15 is 0 Å². The van der Waals surface area contributed by atoms with Crippen LogP contribution < -0.4 is 16.6 Å². The molecule has 0 spiro atoms. The van der Waals surface area contributed by atoms with Crippen molar-refractivity contribution in [2.45, 2.75) is 6.92 Å². The number of nitrogens with one attached hydrogen (secondary N) is 1. The molecule has 1 heterocycles. The molecule has 72 valence electrons. The molecule has 0 radical (unpaired) electrons. The summed E-state index contributed by atoms with van der Waals surface area (Å²) >= 11 is 0. The third-order valence-corrected chi connectivity index (χ3v) is 3.44. The average Bonchev–Trinajstić information content (AvgIpc) is 2.01. The van der Waals surface area contributed by atoms with Crippen LogP contribution in [0, 0.1) is 6.92 Å². The Morgan fingerprint density at radius 3 is 2.54 bits per heavy atom. The lowest BCUT2D eigenvalue weighted by Crippen LogP contribution is -2.13. The van der Waals surface area contributed by atoms with E-state index < -0.39 is 7.14 Å². The van der Waals surface area contributed by atoms with E-state index in [-0.39, 0.29) is 0 Å². The Morgan fingerprint density at radius 2 is 2.15 bits per heavy atom. The van der Waals surface area contributed by atoms with Crippen LogP contribution in [-0.2, 0) is 4.57 Å². The van der Waals surface area contributed by atoms with Gasteiger partial charge in [-0.15, -0.1) is 0 Å². The number of anilines is 1. The van der Waals surface area contributed by atoms with Gasteiger partial charge in [0.05, 0.1) is 0 Å². The minimum absolute atomic E-state index is 0.592. The van der Waals surface area contributed by atoms with E-state index in [1.165, 1.54) is 0 Å². The van der Waals surface area contributed by atoms with Crippen molar-refractivity contribution in [3.8, 4) is 0 Å². The van der Waals surface area contributed by atoms with Crippen LogP contribution in [0.1, 0.15) is 5.56 Å². The predicted octanol–water partition coefficient (Wildman–Crippen LogP) is 0.924. The summed E-state index contributed by atoms with van der Waals surface area (Å²) < 4.78 is 11.7. The number of nitrogens with two attached hydrogens (primary N) is 1. The Bertz CT molecular complexity index is 358. The van der Waals surface area contributed by atoms with Crippen molar-refractivity contribution in [1.82, 2.24) is 4.98 Å². The highest BCUT2D eigenvalue weighted by Crippen LogP contribution is 2.35. The zero-order valence-electron chi connectivity index (χ0n) is 8.03. The quantitative estimate of drug-likeness (QED) is 0.422. The topological polar surface area (TPSA) is 68.0 Å². The minimum Gasteiger partial charge on any atom is -0.319 e. The highest BCUT2D eigenvalue weighted by molar-refractivity contribution is 7.70. The Balaban J connectivity index is 3.21. The minimum atomic E-state index is -2.22. The van der Waals surface area contributed by atoms with E-state index in [0.717, 1.165) is 10.9 Å². The molecule has 0 fully saturated rings. The van der Waals surface area contributed by atoms with E-state index in [1.807, 2.05) is 6.92 Å². The van der Waals surface area contributed by atoms with Crippen molar-refractivity contribution in [2.24, 2.45) is 5.84 Å². The number of pyridine rings is 1. The van der Waals surface area contributed by atoms with Crippen LogP contribution in [0.3, 0.4) is 0 Å². The number of hydrogen-bond donors (Lipinski definition) is 2. The van der Waals surface area contributed by atoms with E-state index in [1.54, 1.807) is 25.6 Å². The standard InChI is InChI=1S/C8H14N3OP/c1-6-4-8(11-9)10-5-7(6)13(2,3)12/h4-5H,9H2,1-3H3,(H,10,11). The Morgan fingerprint density at radius 1 is 1.54 bits per heavy atom. The van der Waals surface area contributed by atoms with E-state index in [9.17, 15) is 4.57 Å². The molecular weight excluding hydrogens is 185 g/mol. The Kier molecular flexibility index (Phi) is 2.74. The second-order valence-corrected chi connectivity index (χ2v) is 6.53. The van der Waals surface area contributed by atoms with E-state index in [2.05, 4.69) is 10.4 Å². The summed E-state index contributed by atoms with van der Waals surface area (Å²) in [5.74, 6) is 5.79. The lowest BCUT2D eigenvalue weighted by Gasteiger charge is -2.10. The van der Waals surface area contributed by atoms with Gasteiger partial charge in [0.15, 0.2) is 0 Å². The number of aryl methyl sites for hydroxylation is 1. The summed E-state index contributed by atoms with van der Waals surface area (Å²) in [5.41, 5.74) is 3.40. The molecule has 0 amide bonds. The maximum absolute atomic E-state index is 11.7. The van der Waals surface area contributed by atoms with Crippen LogP contribution in [0.25, 0.3) is 0 Å². The molecule has 0 aromatic carbocycles. The number of aromatic nitrogens is 1. The number of rotatable bonds is 2. The lowest BCUT2D eigenvalue weighted by atomic mass is 10.3. The molecule has 3 N–H and O–H groups in total. The zero-order valence-corrected chi connectivity index (χ0v) is 8.93. The second kappa shape index (κ2) is 3.48. The molecule has 5 heteroatoms. The third-order valence-electron chi connectivity index (χ3n) is 1.81. The molecule has 13 heavy (non-hydrogen) atoms. The molecule has 0 saturated heterocycles. The smallest absolute Gasteiger partial charge is 0.140 e. The highest BCUT2D eigenvalue weighted by Gasteiger charge is 2.14. The number of nitrogen functional groups attached to an aromatic ring is 1. The molecule has 0 saturated carbocycles. The van der Waals surface area contributed by atoms with E-state index in [0.29, 0.717) is 5.82 Å². The molecule has 1 rings (SSSR count). The van der Waals surface area contributed by atoms with Crippen LogP contribution in [0.5, 0.6) is 0 Å². The normalized spacial score (nSPS) is 11.4. The van der Waals surface area contributed by atoms with Gasteiger partial charge in [0, 0.05) is 11.5 Å². The fourth-order valence-electron chi connectivity index (χ4n) is 1.19. The molecular formula is C8H14N3OP. The molecule has 0 aliphatic carbocycles. The predicted molar refractivity (Wildman–Crippen MR) is 55.9 cm³/mol. The average molecular weight is 199 g/mol. The Labute approximate surface area is 77.9 Å². The highest BCUT2D eigenvalue weighted by atomic mass is 31.2. The van der Waals surface area contributed by atoms with Gasteiger partial charge < -0.3 is 9.99 Å². The van der Waals surface area contributed by atoms with Crippen molar-refractivity contribution in [1.29, 1.82) is 0 Å². The SMILES string of the molecule is Cc1cc(NN)ncc1P(C)(C)=O. The summed E-state index contributed by atoms with van der Waals surface area (Å²) in [7, 11) is -2.22. The van der Waals surface area contributed by atoms with Crippen molar-refractivity contribution in [2.75, 3.05) is 18.8 Å². The first-order valence-corrected chi connectivity index (χ1v) is 6.54. The molecule has 0 aliphatic rings. The summed E-state index contributed by atoms with van der Waals surface area (Å²) in [6.45, 7) is 5.36. The number of nitrogens with zero attached hydrogens (tertiary/aromatic N) is 1. The molecule has 0 atom stereocenters. The van der Waals surface area contributed by atoms with Crippen molar-refractivity contribution < 1.29 is 4.57 Å². The molecule has 0 aliphatic heterocycles. The Hall–Kier alpha value is -0.860. The molecule has 1 aromatic heterocycles. The van der Waals surface area contributed by atoms with Crippen LogP contribution in [0.4, 0.5) is 5.82 Å². The number of hydrogen-bond acceptors (Lipinski definition) is 4. The third kappa shape index (κ3) is 2.29. The lowest BCUT2D eigenvalue weighted by molar-refractivity contribution is 0.588. The first-order valence-electron chi connectivity index (χ1n) is 3.94. The molecule has 0 unspecified atom stereocenters. The summed E-state index contributed by atoms with van der Waals surface area (Å²) in [5, 5.41) is 0.812. The number of hydrazine groups is 1. The van der Waals surface area contributed by atoms with Crippen molar-refractivity contribution >= 4 is 18.3 Å². The van der Waals surface area contributed by atoms with E-state index in [4.69, 9.17) is 5.84 Å². The van der Waals surface area contributed by atoms with Crippen LogP contribution in [-0.4, -0.2) is 18.3 Å². The van der Waals surface area contributed by atoms with Gasteiger partial charge in [0.2, 0.25) is 0 Å². The van der Waals surface area contributed by atoms with Gasteiger partial charge >= 0.3 is 0 Å². The van der Waals surface area contributed by atoms with Crippen molar-refractivity contribution in [3.63, 3.8) is 0 Å². The molecule has 1 aromatic rings. The second-order valence-electron chi connectivity index (χ2n) is 3.35. The first kappa shape index (κ1) is 10.2. The van der Waals surface area contributed by atoms with Gasteiger partial charge in [-0.3, -0.25) is 0 Å². The van der Waals surface area contributed by atoms with Crippen LogP contribution >= 0.6 is 7.14 Å². The van der Waals surface area contributed by atoms with Crippen LogP contribution in [0.2, 0.25) is 0 Å². The molecule has 4 nitrogen and oxygen atoms in total. The van der Waals surface area contributed by atoms with Gasteiger partial charge in [-0.05, 0) is 31.9 Å². The van der Waals surface area contributed by atoms with Gasteiger partial charge in [0.1, 0.15) is 13.0 Å². The maximum Gasteiger partial charge on any atom is 0.140 e. The fourth-order valence-corrected chi connectivity index (χ4v) is 2.44. The van der Waals surface area contributed by atoms with Gasteiger partial charge in [-0.2, -0.15) is 0 Å². The first-order chi connectivity index (χ1) is 5.95. The van der Waals surface area contributed by atoms with Gasteiger partial charge in [-0.1, -0.05) is 0 Å². The summed E-state index contributed by atoms with van der Waals surface area (Å²) in [4.78, 5) is 4.02. The molecule has 0 bridgehead atoms. The fraction of sp³-hybridized carbons (Fsp3) is 0.375. The monoisotopic (exact) mass is 199 g/mol. The largest absolute Gasteiger partial charge is 0.319 e. The maximum atomic E-state index is 11.7. The van der Waals surface area contributed by atoms with Crippen LogP contribution in [0.15, 0.2) is 12.3 Å². The zero-order chi connectivity index (χ0) is 10.1.